The molecule has 2 aromatic rings. The second-order valence-electron chi connectivity index (χ2n) is 6.02. The van der Waals surface area contributed by atoms with E-state index >= 15 is 0 Å². The van der Waals surface area contributed by atoms with Crippen molar-refractivity contribution < 1.29 is 9.21 Å². The molecule has 140 valence electrons. The van der Waals surface area contributed by atoms with E-state index in [0.29, 0.717) is 30.5 Å². The second-order valence-corrected chi connectivity index (χ2v) is 6.02. The van der Waals surface area contributed by atoms with E-state index in [0.717, 1.165) is 12.1 Å². The van der Waals surface area contributed by atoms with Gasteiger partial charge in [-0.1, -0.05) is 24.3 Å². The third-order valence-electron chi connectivity index (χ3n) is 3.88. The molecule has 0 fully saturated rings. The number of halogens is 2. The second kappa shape index (κ2) is 11.2. The average Bonchev–Trinajstić information content (AvgIpc) is 3.02. The van der Waals surface area contributed by atoms with E-state index in [1.807, 2.05) is 12.1 Å². The fraction of sp³-hybridized carbons (Fsp3) is 0.389. The van der Waals surface area contributed by atoms with E-state index in [1.165, 1.54) is 11.8 Å². The van der Waals surface area contributed by atoms with Gasteiger partial charge >= 0.3 is 0 Å². The van der Waals surface area contributed by atoms with Gasteiger partial charge in [0.05, 0.1) is 12.1 Å². The number of rotatable bonds is 7. The number of carbonyl (C=O) groups is 1. The van der Waals surface area contributed by atoms with E-state index < -0.39 is 0 Å². The van der Waals surface area contributed by atoms with E-state index in [2.05, 4.69) is 43.2 Å². The molecule has 0 aliphatic rings. The minimum atomic E-state index is -0.154. The van der Waals surface area contributed by atoms with Crippen molar-refractivity contribution in [2.75, 3.05) is 7.05 Å². The molecule has 0 atom stereocenters. The van der Waals surface area contributed by atoms with Crippen LogP contribution in [0.15, 0.2) is 41.0 Å². The maximum Gasteiger partial charge on any atom is 0.254 e. The van der Waals surface area contributed by atoms with Crippen molar-refractivity contribution in [3.05, 3.63) is 59.0 Å². The van der Waals surface area contributed by atoms with Crippen molar-refractivity contribution in [3.63, 3.8) is 0 Å². The summed E-state index contributed by atoms with van der Waals surface area (Å²) in [6, 6.07) is 10.4. The number of hydrogen-bond acceptors (Lipinski definition) is 4. The summed E-state index contributed by atoms with van der Waals surface area (Å²) in [6.45, 7) is 6.01. The van der Waals surface area contributed by atoms with Crippen LogP contribution in [0, 0.1) is 0 Å². The number of amides is 1. The fourth-order valence-electron chi connectivity index (χ4n) is 2.20. The number of benzene rings is 1. The highest BCUT2D eigenvalue weighted by molar-refractivity contribution is 5.93. The summed E-state index contributed by atoms with van der Waals surface area (Å²) in [5, 5.41) is 2.90. The fourth-order valence-corrected chi connectivity index (χ4v) is 2.20. The molecule has 1 aromatic heterocycles. The van der Waals surface area contributed by atoms with Gasteiger partial charge in [0.15, 0.2) is 0 Å². The van der Waals surface area contributed by atoms with Gasteiger partial charge in [0.1, 0.15) is 12.0 Å². The lowest BCUT2D eigenvalue weighted by Gasteiger charge is -2.21. The van der Waals surface area contributed by atoms with Gasteiger partial charge in [0, 0.05) is 19.1 Å². The summed E-state index contributed by atoms with van der Waals surface area (Å²) in [4.78, 5) is 14.4. The predicted molar refractivity (Wildman–Crippen MR) is 105 cm³/mol. The van der Waals surface area contributed by atoms with Crippen molar-refractivity contribution >= 4 is 30.7 Å². The molecule has 1 amide bonds. The quantitative estimate of drug-likeness (QED) is 0.763. The molecule has 0 radical (unpaired) electrons. The average molecular weight is 388 g/mol. The maximum absolute atomic E-state index is 12.1. The van der Waals surface area contributed by atoms with Gasteiger partial charge in [-0.25, -0.2) is 0 Å². The highest BCUT2D eigenvalue weighted by Gasteiger charge is 2.10. The highest BCUT2D eigenvalue weighted by atomic mass is 35.5. The first-order valence-corrected chi connectivity index (χ1v) is 7.83. The Hall–Kier alpha value is -1.53. The van der Waals surface area contributed by atoms with Gasteiger partial charge in [-0.15, -0.1) is 24.8 Å². The Balaban J connectivity index is 0.00000288. The Morgan fingerprint density at radius 3 is 2.52 bits per heavy atom. The summed E-state index contributed by atoms with van der Waals surface area (Å²) in [5.74, 6) is 0.451. The third kappa shape index (κ3) is 7.08. The van der Waals surface area contributed by atoms with Crippen molar-refractivity contribution in [2.24, 2.45) is 5.73 Å². The number of nitrogens with zero attached hydrogens (tertiary/aromatic N) is 1. The lowest BCUT2D eigenvalue weighted by molar-refractivity contribution is 0.0950. The van der Waals surface area contributed by atoms with Crippen LogP contribution in [-0.2, 0) is 19.6 Å². The lowest BCUT2D eigenvalue weighted by atomic mass is 10.1. The van der Waals surface area contributed by atoms with Crippen LogP contribution in [0.3, 0.4) is 0 Å². The molecule has 0 unspecified atom stereocenters. The summed E-state index contributed by atoms with van der Waals surface area (Å²) < 4.78 is 5.18. The van der Waals surface area contributed by atoms with Crippen molar-refractivity contribution in [2.45, 2.75) is 39.5 Å². The van der Waals surface area contributed by atoms with Gasteiger partial charge < -0.3 is 15.5 Å². The Kier molecular flexibility index (Phi) is 10.5. The number of carbonyl (C=O) groups excluding carboxylic acids is 1. The van der Waals surface area contributed by atoms with Gasteiger partial charge in [-0.05, 0) is 38.1 Å². The molecular formula is C18H27Cl2N3O2. The lowest BCUT2D eigenvalue weighted by Crippen LogP contribution is -2.26. The van der Waals surface area contributed by atoms with Crippen LogP contribution >= 0.6 is 24.8 Å². The molecule has 2 rings (SSSR count). The normalized spacial score (nSPS) is 10.3. The van der Waals surface area contributed by atoms with Crippen LogP contribution in [0.1, 0.15) is 41.1 Å². The van der Waals surface area contributed by atoms with Crippen LogP contribution in [0.2, 0.25) is 0 Å². The maximum atomic E-state index is 12.1. The molecule has 25 heavy (non-hydrogen) atoms. The third-order valence-corrected chi connectivity index (χ3v) is 3.88. The van der Waals surface area contributed by atoms with Crippen molar-refractivity contribution in [1.82, 2.24) is 10.2 Å². The first-order valence-electron chi connectivity index (χ1n) is 7.83. The minimum absolute atomic E-state index is 0. The Morgan fingerprint density at radius 1 is 1.24 bits per heavy atom. The molecule has 1 heterocycles. The molecule has 5 nitrogen and oxygen atoms in total. The minimum Gasteiger partial charge on any atom is -0.467 e. The standard InChI is InChI=1S/C18H25N3O2.2ClH/c1-13(2)21(3)11-15-6-4-5-14(7-15)10-20-18(22)16-8-17(9-19)23-12-16;;/h4-8,12-13H,9-11,19H2,1-3H3,(H,20,22);2*1H. The molecule has 0 spiro atoms. The monoisotopic (exact) mass is 387 g/mol. The Bertz CT molecular complexity index is 659. The summed E-state index contributed by atoms with van der Waals surface area (Å²) in [5.41, 5.74) is 8.29. The van der Waals surface area contributed by atoms with Crippen LogP contribution < -0.4 is 11.1 Å². The van der Waals surface area contributed by atoms with Crippen LogP contribution in [-0.4, -0.2) is 23.9 Å². The molecule has 0 aliphatic carbocycles. The molecule has 0 saturated carbocycles. The van der Waals surface area contributed by atoms with Gasteiger partial charge in [-0.3, -0.25) is 9.69 Å². The smallest absolute Gasteiger partial charge is 0.254 e. The molecule has 3 N–H and O–H groups in total. The first kappa shape index (κ1) is 23.5. The van der Waals surface area contributed by atoms with Crippen LogP contribution in [0.5, 0.6) is 0 Å². The first-order chi connectivity index (χ1) is 11.0. The van der Waals surface area contributed by atoms with Crippen molar-refractivity contribution in [3.8, 4) is 0 Å². The molecule has 1 aromatic carbocycles. The van der Waals surface area contributed by atoms with E-state index in [-0.39, 0.29) is 30.7 Å². The summed E-state index contributed by atoms with van der Waals surface area (Å²) in [7, 11) is 2.10. The molecular weight excluding hydrogens is 361 g/mol. The summed E-state index contributed by atoms with van der Waals surface area (Å²) in [6.07, 6.45) is 1.44. The molecule has 7 heteroatoms. The Morgan fingerprint density at radius 2 is 1.92 bits per heavy atom. The zero-order valence-corrected chi connectivity index (χ0v) is 16.5. The largest absolute Gasteiger partial charge is 0.467 e. The van der Waals surface area contributed by atoms with E-state index in [1.54, 1.807) is 6.07 Å². The predicted octanol–water partition coefficient (Wildman–Crippen LogP) is 3.35. The van der Waals surface area contributed by atoms with E-state index in [9.17, 15) is 4.79 Å². The van der Waals surface area contributed by atoms with Gasteiger partial charge in [0.2, 0.25) is 0 Å². The SMILES string of the molecule is CC(C)N(C)Cc1cccc(CNC(=O)c2coc(CN)c2)c1.Cl.Cl. The molecule has 0 bridgehead atoms. The van der Waals surface area contributed by atoms with Gasteiger partial charge in [-0.2, -0.15) is 0 Å². The van der Waals surface area contributed by atoms with E-state index in [4.69, 9.17) is 10.2 Å². The topological polar surface area (TPSA) is 71.5 Å². The number of furan rings is 1. The zero-order valence-electron chi connectivity index (χ0n) is 14.8. The summed E-state index contributed by atoms with van der Waals surface area (Å²) >= 11 is 0. The number of nitrogens with one attached hydrogen (secondary N) is 1. The number of nitrogens with two attached hydrogens (primary N) is 1. The van der Waals surface area contributed by atoms with Crippen molar-refractivity contribution in [1.29, 1.82) is 0 Å². The zero-order chi connectivity index (χ0) is 16.8. The number of hydrogen-bond donors (Lipinski definition) is 2. The molecule has 0 aliphatic heterocycles. The van der Waals surface area contributed by atoms with Crippen LogP contribution in [0.25, 0.3) is 0 Å². The Labute approximate surface area is 161 Å². The molecule has 0 saturated heterocycles. The van der Waals surface area contributed by atoms with Gasteiger partial charge in [0.25, 0.3) is 5.91 Å². The van der Waals surface area contributed by atoms with Crippen LogP contribution in [0.4, 0.5) is 0 Å². The highest BCUT2D eigenvalue weighted by Crippen LogP contribution is 2.11.